The van der Waals surface area contributed by atoms with Gasteiger partial charge in [-0.05, 0) is 48.4 Å². The number of nitrogens with zero attached hydrogens (tertiary/aromatic N) is 3. The predicted molar refractivity (Wildman–Crippen MR) is 134 cm³/mol. The highest BCUT2D eigenvalue weighted by molar-refractivity contribution is 7.10. The highest BCUT2D eigenvalue weighted by Gasteiger charge is 2.29. The summed E-state index contributed by atoms with van der Waals surface area (Å²) >= 11 is 1.58. The van der Waals surface area contributed by atoms with E-state index in [1.807, 2.05) is 65.9 Å². The van der Waals surface area contributed by atoms with Gasteiger partial charge in [0.1, 0.15) is 17.0 Å². The van der Waals surface area contributed by atoms with Crippen LogP contribution in [-0.4, -0.2) is 33.4 Å². The van der Waals surface area contributed by atoms with E-state index in [1.54, 1.807) is 18.3 Å². The van der Waals surface area contributed by atoms with Crippen molar-refractivity contribution in [2.24, 2.45) is 0 Å². The van der Waals surface area contributed by atoms with E-state index in [9.17, 15) is 9.59 Å². The normalized spacial score (nSPS) is 12.9. The summed E-state index contributed by atoms with van der Waals surface area (Å²) in [7, 11) is 0. The highest BCUT2D eigenvalue weighted by Crippen LogP contribution is 2.29. The molecule has 8 heteroatoms. The van der Waals surface area contributed by atoms with Crippen molar-refractivity contribution >= 4 is 23.2 Å². The number of aromatic nitrogens is 2. The third kappa shape index (κ3) is 4.74. The van der Waals surface area contributed by atoms with Crippen LogP contribution >= 0.6 is 11.3 Å². The van der Waals surface area contributed by atoms with Gasteiger partial charge in [0.15, 0.2) is 0 Å². The first-order valence-corrected chi connectivity index (χ1v) is 12.5. The van der Waals surface area contributed by atoms with Crippen LogP contribution in [0.1, 0.15) is 43.4 Å². The summed E-state index contributed by atoms with van der Waals surface area (Å²) in [6.07, 6.45) is 2.93. The Balaban J connectivity index is 1.33. The number of nitrogens with one attached hydrogen (secondary N) is 1. The van der Waals surface area contributed by atoms with Crippen LogP contribution in [0.2, 0.25) is 0 Å². The van der Waals surface area contributed by atoms with Gasteiger partial charge in [0.25, 0.3) is 5.91 Å². The Morgan fingerprint density at radius 1 is 1.14 bits per heavy atom. The summed E-state index contributed by atoms with van der Waals surface area (Å²) in [5.41, 5.74) is 6.04. The third-order valence-electron chi connectivity index (χ3n) is 6.38. The van der Waals surface area contributed by atoms with Crippen molar-refractivity contribution in [3.63, 3.8) is 0 Å². The van der Waals surface area contributed by atoms with Crippen molar-refractivity contribution in [1.82, 2.24) is 20.4 Å². The van der Waals surface area contributed by atoms with Gasteiger partial charge in [0.2, 0.25) is 5.91 Å². The predicted octanol–water partition coefficient (Wildman–Crippen LogP) is 4.47. The lowest BCUT2D eigenvalue weighted by atomic mass is 9.94. The zero-order valence-corrected chi connectivity index (χ0v) is 20.5. The molecule has 1 aromatic carbocycles. The van der Waals surface area contributed by atoms with Gasteiger partial charge in [-0.25, -0.2) is 0 Å². The van der Waals surface area contributed by atoms with Gasteiger partial charge < -0.3 is 14.7 Å². The smallest absolute Gasteiger partial charge is 0.260 e. The maximum absolute atomic E-state index is 13.6. The molecule has 5 rings (SSSR count). The van der Waals surface area contributed by atoms with E-state index >= 15 is 0 Å². The molecule has 0 aliphatic carbocycles. The van der Waals surface area contributed by atoms with Crippen LogP contribution in [0.15, 0.2) is 58.6 Å². The molecule has 0 bridgehead atoms. The maximum Gasteiger partial charge on any atom is 0.260 e. The summed E-state index contributed by atoms with van der Waals surface area (Å²) < 4.78 is 5.41. The molecule has 1 aliphatic rings. The van der Waals surface area contributed by atoms with E-state index in [-0.39, 0.29) is 11.8 Å². The summed E-state index contributed by atoms with van der Waals surface area (Å²) in [4.78, 5) is 33.4. The van der Waals surface area contributed by atoms with Crippen LogP contribution in [0, 0.1) is 13.8 Å². The monoisotopic (exact) mass is 486 g/mol. The van der Waals surface area contributed by atoms with Gasteiger partial charge in [-0.15, -0.1) is 11.3 Å². The molecule has 0 saturated carbocycles. The Bertz CT molecular complexity index is 1360. The molecular formula is C27H26N4O3S. The third-order valence-corrected chi connectivity index (χ3v) is 7.26. The second-order valence-electron chi connectivity index (χ2n) is 8.66. The average molecular weight is 487 g/mol. The lowest BCUT2D eigenvalue weighted by Gasteiger charge is -2.30. The number of aryl methyl sites for hydroxylation is 2. The summed E-state index contributed by atoms with van der Waals surface area (Å²) in [6, 6.07) is 13.5. The maximum atomic E-state index is 13.6. The van der Waals surface area contributed by atoms with E-state index in [0.717, 1.165) is 27.3 Å². The Morgan fingerprint density at radius 2 is 1.97 bits per heavy atom. The quantitative estimate of drug-likeness (QED) is 0.434. The fourth-order valence-corrected chi connectivity index (χ4v) is 5.23. The van der Waals surface area contributed by atoms with Crippen molar-refractivity contribution in [1.29, 1.82) is 0 Å². The van der Waals surface area contributed by atoms with Crippen LogP contribution in [0.25, 0.3) is 11.3 Å². The molecule has 0 spiro atoms. The van der Waals surface area contributed by atoms with Gasteiger partial charge in [-0.3, -0.25) is 14.6 Å². The molecular weight excluding hydrogens is 460 g/mol. The van der Waals surface area contributed by atoms with Gasteiger partial charge in [-0.2, -0.15) is 0 Å². The largest absolute Gasteiger partial charge is 0.360 e. The number of pyridine rings is 1. The minimum atomic E-state index is -0.0976. The van der Waals surface area contributed by atoms with E-state index < -0.39 is 0 Å². The topological polar surface area (TPSA) is 88.3 Å². The molecule has 7 nitrogen and oxygen atoms in total. The number of carbonyl (C=O) groups is 2. The minimum Gasteiger partial charge on any atom is -0.360 e. The summed E-state index contributed by atoms with van der Waals surface area (Å²) in [6.45, 7) is 5.20. The minimum absolute atomic E-state index is 0.00607. The van der Waals surface area contributed by atoms with Crippen LogP contribution in [-0.2, 0) is 30.7 Å². The zero-order valence-electron chi connectivity index (χ0n) is 19.7. The molecule has 0 radical (unpaired) electrons. The number of thiophene rings is 1. The molecule has 178 valence electrons. The number of rotatable bonds is 6. The van der Waals surface area contributed by atoms with Crippen LogP contribution in [0.5, 0.6) is 0 Å². The molecule has 35 heavy (non-hydrogen) atoms. The second-order valence-corrected chi connectivity index (χ2v) is 9.70. The number of hydrogen-bond donors (Lipinski definition) is 1. The van der Waals surface area contributed by atoms with Gasteiger partial charge in [0, 0.05) is 42.0 Å². The Labute approximate surface area is 207 Å². The molecule has 4 aromatic rings. The zero-order chi connectivity index (χ0) is 24.4. The standard InChI is InChI=1S/C27H26N4O3S/c1-17-23(15-29-24(32)13-21-9-6-12-35-21)22-10-11-31(16-20(22)14-28-17)27(33)25-18(2)34-30-26(25)19-7-4-3-5-8-19/h3-9,12,14H,10-11,13,15-16H2,1-2H3,(H,29,32). The fraction of sp³-hybridized carbons (Fsp3) is 0.259. The Hall–Kier alpha value is -3.78. The van der Waals surface area contributed by atoms with Crippen molar-refractivity contribution in [3.8, 4) is 11.3 Å². The molecule has 0 saturated heterocycles. The molecule has 0 atom stereocenters. The molecule has 1 N–H and O–H groups in total. The first-order chi connectivity index (χ1) is 17.0. The van der Waals surface area contributed by atoms with Crippen molar-refractivity contribution in [2.45, 2.75) is 39.8 Å². The van der Waals surface area contributed by atoms with Crippen LogP contribution < -0.4 is 5.32 Å². The Kier molecular flexibility index (Phi) is 6.46. The number of fused-ring (bicyclic) bond motifs is 1. The van der Waals surface area contributed by atoms with Gasteiger partial charge in [0.05, 0.1) is 6.42 Å². The van der Waals surface area contributed by atoms with Crippen LogP contribution in [0.4, 0.5) is 0 Å². The average Bonchev–Trinajstić information content (AvgIpc) is 3.52. The van der Waals surface area contributed by atoms with Crippen molar-refractivity contribution < 1.29 is 14.1 Å². The number of hydrogen-bond acceptors (Lipinski definition) is 6. The van der Waals surface area contributed by atoms with E-state index in [0.29, 0.717) is 49.5 Å². The summed E-state index contributed by atoms with van der Waals surface area (Å²) in [5.74, 6) is 0.406. The van der Waals surface area contributed by atoms with Gasteiger partial charge >= 0.3 is 0 Å². The lowest BCUT2D eigenvalue weighted by Crippen LogP contribution is -2.37. The van der Waals surface area contributed by atoms with Crippen molar-refractivity contribution in [2.75, 3.05) is 6.54 Å². The van der Waals surface area contributed by atoms with Gasteiger partial charge in [-0.1, -0.05) is 41.6 Å². The fourth-order valence-electron chi connectivity index (χ4n) is 4.53. The molecule has 3 aromatic heterocycles. The number of amides is 2. The SMILES string of the molecule is Cc1ncc2c(c1CNC(=O)Cc1cccs1)CCN(C(=O)c1c(-c3ccccc3)noc1C)C2. The van der Waals surface area contributed by atoms with E-state index in [2.05, 4.69) is 15.5 Å². The molecule has 2 amide bonds. The number of benzene rings is 1. The van der Waals surface area contributed by atoms with E-state index in [4.69, 9.17) is 4.52 Å². The molecule has 0 fully saturated rings. The second kappa shape index (κ2) is 9.84. The van der Waals surface area contributed by atoms with Crippen molar-refractivity contribution in [3.05, 3.63) is 92.6 Å². The lowest BCUT2D eigenvalue weighted by molar-refractivity contribution is -0.120. The first-order valence-electron chi connectivity index (χ1n) is 11.6. The molecule has 0 unspecified atom stereocenters. The van der Waals surface area contributed by atoms with Crippen LogP contribution in [0.3, 0.4) is 0 Å². The molecule has 4 heterocycles. The van der Waals surface area contributed by atoms with E-state index in [1.165, 1.54) is 5.56 Å². The summed E-state index contributed by atoms with van der Waals surface area (Å²) in [5, 5.41) is 9.18. The Morgan fingerprint density at radius 3 is 2.74 bits per heavy atom. The number of carbonyl (C=O) groups excluding carboxylic acids is 2. The first kappa shape index (κ1) is 23.0. The molecule has 1 aliphatic heterocycles. The highest BCUT2D eigenvalue weighted by atomic mass is 32.1.